The van der Waals surface area contributed by atoms with Crippen LogP contribution in [-0.2, 0) is 27.4 Å². The summed E-state index contributed by atoms with van der Waals surface area (Å²) in [7, 11) is 1.48. The monoisotopic (exact) mass is 345 g/mol. The lowest BCUT2D eigenvalue weighted by atomic mass is 9.99. The number of rotatable bonds is 6. The molecule has 1 aromatic heterocycles. The van der Waals surface area contributed by atoms with Gasteiger partial charge in [-0.05, 0) is 6.92 Å². The number of ether oxygens (including phenoxy) is 3. The van der Waals surface area contributed by atoms with Crippen LogP contribution < -0.4 is 0 Å². The molecule has 1 aliphatic rings. The molecule has 0 saturated carbocycles. The molecule has 9 nitrogen and oxygen atoms in total. The predicted octanol–water partition coefficient (Wildman–Crippen LogP) is -1.44. The third-order valence-electron chi connectivity index (χ3n) is 3.97. The highest BCUT2D eigenvalue weighted by Gasteiger charge is 2.44. The topological polar surface area (TPSA) is 142 Å². The van der Waals surface area contributed by atoms with Crippen LogP contribution >= 0.6 is 0 Å². The van der Waals surface area contributed by atoms with Gasteiger partial charge in [0.1, 0.15) is 30.2 Å². The Morgan fingerprint density at radius 3 is 2.50 bits per heavy atom. The van der Waals surface area contributed by atoms with E-state index in [1.54, 1.807) is 6.92 Å². The Bertz CT molecular complexity index is 553. The highest BCUT2D eigenvalue weighted by molar-refractivity contribution is 5.40. The van der Waals surface area contributed by atoms with Gasteiger partial charge < -0.3 is 39.7 Å². The van der Waals surface area contributed by atoms with Crippen molar-refractivity contribution in [1.82, 2.24) is 4.98 Å². The minimum absolute atomic E-state index is 0.00764. The molecule has 1 aromatic rings. The highest BCUT2D eigenvalue weighted by atomic mass is 16.7. The van der Waals surface area contributed by atoms with Crippen molar-refractivity contribution in [1.29, 1.82) is 0 Å². The Kier molecular flexibility index (Phi) is 6.47. The van der Waals surface area contributed by atoms with E-state index in [4.69, 9.17) is 19.3 Å². The quantitative estimate of drug-likeness (QED) is 0.419. The van der Waals surface area contributed by atoms with E-state index in [1.807, 2.05) is 0 Å². The fourth-order valence-corrected chi connectivity index (χ4v) is 2.49. The van der Waals surface area contributed by atoms with Crippen molar-refractivity contribution in [3.8, 4) is 5.75 Å². The van der Waals surface area contributed by atoms with Crippen LogP contribution in [0.15, 0.2) is 6.20 Å². The number of aliphatic hydroxyl groups is 4. The van der Waals surface area contributed by atoms with Crippen LogP contribution in [0.4, 0.5) is 0 Å². The molecule has 0 radical (unpaired) electrons. The van der Waals surface area contributed by atoms with E-state index in [2.05, 4.69) is 4.98 Å². The Morgan fingerprint density at radius 2 is 1.88 bits per heavy atom. The number of hydrogen-bond donors (Lipinski definition) is 5. The first-order chi connectivity index (χ1) is 11.4. The fraction of sp³-hybridized carbons (Fsp3) is 0.667. The van der Waals surface area contributed by atoms with Crippen molar-refractivity contribution in [2.75, 3.05) is 13.7 Å². The van der Waals surface area contributed by atoms with E-state index in [0.29, 0.717) is 16.8 Å². The Balaban J connectivity index is 2.11. The first-order valence-electron chi connectivity index (χ1n) is 7.48. The molecule has 0 unspecified atom stereocenters. The van der Waals surface area contributed by atoms with Gasteiger partial charge >= 0.3 is 0 Å². The minimum atomic E-state index is -1.51. The zero-order chi connectivity index (χ0) is 17.9. The predicted molar refractivity (Wildman–Crippen MR) is 79.9 cm³/mol. The van der Waals surface area contributed by atoms with Gasteiger partial charge in [-0.15, -0.1) is 0 Å². The van der Waals surface area contributed by atoms with Crippen molar-refractivity contribution in [2.45, 2.75) is 50.8 Å². The molecule has 1 saturated heterocycles. The third-order valence-corrected chi connectivity index (χ3v) is 3.97. The van der Waals surface area contributed by atoms with Crippen LogP contribution in [0.5, 0.6) is 5.75 Å². The molecule has 0 spiro atoms. The number of aliphatic hydroxyl groups excluding tert-OH is 4. The number of aromatic nitrogens is 1. The summed E-state index contributed by atoms with van der Waals surface area (Å²) in [4.78, 5) is 4.04. The van der Waals surface area contributed by atoms with Crippen molar-refractivity contribution in [2.24, 2.45) is 0 Å². The molecule has 1 aliphatic heterocycles. The molecular weight excluding hydrogens is 322 g/mol. The van der Waals surface area contributed by atoms with E-state index in [9.17, 15) is 20.4 Å². The Hall–Kier alpha value is -1.33. The largest absolute Gasteiger partial charge is 0.506 e. The van der Waals surface area contributed by atoms with Gasteiger partial charge in [-0.3, -0.25) is 4.98 Å². The lowest BCUT2D eigenvalue weighted by Gasteiger charge is -2.39. The molecule has 0 aromatic carbocycles. The van der Waals surface area contributed by atoms with Crippen molar-refractivity contribution in [3.05, 3.63) is 23.0 Å². The van der Waals surface area contributed by atoms with E-state index in [1.165, 1.54) is 13.3 Å². The molecule has 2 heterocycles. The summed E-state index contributed by atoms with van der Waals surface area (Å²) in [5.74, 6) is -0.00764. The Morgan fingerprint density at radius 1 is 1.17 bits per heavy atom. The second-order valence-corrected chi connectivity index (χ2v) is 5.64. The molecule has 1 fully saturated rings. The van der Waals surface area contributed by atoms with Gasteiger partial charge in [-0.25, -0.2) is 0 Å². The Labute approximate surface area is 139 Å². The third kappa shape index (κ3) is 3.83. The summed E-state index contributed by atoms with van der Waals surface area (Å²) in [5, 5.41) is 48.6. The molecule has 2 rings (SSSR count). The minimum Gasteiger partial charge on any atom is -0.506 e. The molecule has 0 amide bonds. The van der Waals surface area contributed by atoms with Crippen LogP contribution in [0.25, 0.3) is 0 Å². The molecule has 0 bridgehead atoms. The van der Waals surface area contributed by atoms with Gasteiger partial charge in [0.2, 0.25) is 0 Å². The van der Waals surface area contributed by atoms with Crippen LogP contribution in [0.1, 0.15) is 16.8 Å². The molecule has 24 heavy (non-hydrogen) atoms. The van der Waals surface area contributed by atoms with Crippen LogP contribution in [0.3, 0.4) is 0 Å². The maximum atomic E-state index is 10.1. The lowest BCUT2D eigenvalue weighted by molar-refractivity contribution is -0.304. The van der Waals surface area contributed by atoms with Gasteiger partial charge in [0.15, 0.2) is 6.29 Å². The van der Waals surface area contributed by atoms with E-state index < -0.39 is 37.3 Å². The molecule has 136 valence electrons. The number of hydrogen-bond acceptors (Lipinski definition) is 9. The molecule has 5 N–H and O–H groups in total. The van der Waals surface area contributed by atoms with Crippen molar-refractivity contribution >= 4 is 0 Å². The number of nitrogens with zero attached hydrogens (tertiary/aromatic N) is 1. The highest BCUT2D eigenvalue weighted by Crippen LogP contribution is 2.27. The fourth-order valence-electron chi connectivity index (χ4n) is 2.49. The smallest absolute Gasteiger partial charge is 0.187 e. The molecule has 9 heteroatoms. The average molecular weight is 345 g/mol. The number of methoxy groups -OCH3 is 1. The molecule has 0 aliphatic carbocycles. The summed E-state index contributed by atoms with van der Waals surface area (Å²) in [6.07, 6.45) is -5.23. The van der Waals surface area contributed by atoms with E-state index in [0.717, 1.165) is 0 Å². The SMILES string of the molecule is COCc1c(CO[C@@H]2O[C@H](CO)[C@@H](O)[C@H](O)[C@H]2O)cnc(C)c1O. The first kappa shape index (κ1) is 19.0. The zero-order valence-corrected chi connectivity index (χ0v) is 13.5. The normalized spacial score (nSPS) is 30.5. The molecule has 5 atom stereocenters. The summed E-state index contributed by atoms with van der Waals surface area (Å²) in [6.45, 7) is 1.17. The lowest BCUT2D eigenvalue weighted by Crippen LogP contribution is -2.59. The average Bonchev–Trinajstić information content (AvgIpc) is 2.58. The summed E-state index contributed by atoms with van der Waals surface area (Å²) < 4.78 is 15.8. The van der Waals surface area contributed by atoms with Crippen LogP contribution in [0.2, 0.25) is 0 Å². The number of pyridine rings is 1. The van der Waals surface area contributed by atoms with Crippen molar-refractivity contribution < 1.29 is 39.7 Å². The number of aromatic hydroxyl groups is 1. The molecular formula is C15H23NO8. The van der Waals surface area contributed by atoms with Gasteiger partial charge in [0.25, 0.3) is 0 Å². The van der Waals surface area contributed by atoms with Crippen molar-refractivity contribution in [3.63, 3.8) is 0 Å². The van der Waals surface area contributed by atoms with E-state index in [-0.39, 0.29) is 19.0 Å². The maximum absolute atomic E-state index is 10.1. The van der Waals surface area contributed by atoms with Gasteiger partial charge in [0.05, 0.1) is 25.5 Å². The summed E-state index contributed by atoms with van der Waals surface area (Å²) in [6, 6.07) is 0. The van der Waals surface area contributed by atoms with E-state index >= 15 is 0 Å². The van der Waals surface area contributed by atoms with Gasteiger partial charge in [-0.1, -0.05) is 0 Å². The first-order valence-corrected chi connectivity index (χ1v) is 7.48. The summed E-state index contributed by atoms with van der Waals surface area (Å²) in [5.41, 5.74) is 1.46. The van der Waals surface area contributed by atoms with Crippen LogP contribution in [0, 0.1) is 6.92 Å². The second kappa shape index (κ2) is 8.17. The van der Waals surface area contributed by atoms with Gasteiger partial charge in [0, 0.05) is 24.4 Å². The number of aryl methyl sites for hydroxylation is 1. The standard InChI is InChI=1S/C15H23NO8/c1-7-11(18)9(6-22-2)8(3-16-7)5-23-15-14(21)13(20)12(19)10(4-17)24-15/h3,10,12-15,17-21H,4-6H2,1-2H3/t10-,12-,13+,14-,15-/m1/s1. The van der Waals surface area contributed by atoms with Crippen LogP contribution in [-0.4, -0.2) is 74.9 Å². The second-order valence-electron chi connectivity index (χ2n) is 5.64. The summed E-state index contributed by atoms with van der Waals surface area (Å²) >= 11 is 0. The van der Waals surface area contributed by atoms with Gasteiger partial charge in [-0.2, -0.15) is 0 Å². The maximum Gasteiger partial charge on any atom is 0.187 e. The zero-order valence-electron chi connectivity index (χ0n) is 13.5.